The second kappa shape index (κ2) is 6.59. The molecule has 0 aliphatic heterocycles. The number of rotatable bonds is 6. The largest absolute Gasteiger partial charge is 0.318 e. The van der Waals surface area contributed by atoms with E-state index in [9.17, 15) is 8.42 Å². The molecule has 1 heterocycles. The lowest BCUT2D eigenvalue weighted by Gasteiger charge is -2.07. The second-order valence-electron chi connectivity index (χ2n) is 4.61. The van der Waals surface area contributed by atoms with Crippen LogP contribution < -0.4 is 10.0 Å². The highest BCUT2D eigenvalue weighted by Gasteiger charge is 2.16. The molecular weight excluding hydrogens is 356 g/mol. The molecule has 0 radical (unpaired) electrons. The van der Waals surface area contributed by atoms with Gasteiger partial charge in [-0.1, -0.05) is 15.9 Å². The number of hydrogen-bond donors (Lipinski definition) is 2. The van der Waals surface area contributed by atoms with E-state index < -0.39 is 10.0 Å². The molecule has 0 saturated carbocycles. The number of aryl methyl sites for hydroxylation is 1. The van der Waals surface area contributed by atoms with E-state index in [2.05, 4.69) is 31.1 Å². The Labute approximate surface area is 132 Å². The number of hydrogen-bond acceptors (Lipinski definition) is 4. The highest BCUT2D eigenvalue weighted by Crippen LogP contribution is 2.22. The molecule has 0 bridgehead atoms. The van der Waals surface area contributed by atoms with E-state index in [4.69, 9.17) is 0 Å². The smallest absolute Gasteiger partial charge is 0.265 e. The molecule has 8 heteroatoms. The van der Waals surface area contributed by atoms with Crippen molar-refractivity contribution in [3.63, 3.8) is 0 Å². The van der Waals surface area contributed by atoms with Crippen molar-refractivity contribution in [1.29, 1.82) is 0 Å². The van der Waals surface area contributed by atoms with Crippen LogP contribution in [0.15, 0.2) is 40.0 Å². The van der Waals surface area contributed by atoms with Crippen LogP contribution in [0, 0.1) is 6.92 Å². The minimum absolute atomic E-state index is 0.152. The fourth-order valence-electron chi connectivity index (χ4n) is 1.75. The first kappa shape index (κ1) is 16.0. The highest BCUT2D eigenvalue weighted by atomic mass is 79.9. The van der Waals surface area contributed by atoms with Gasteiger partial charge in [0.05, 0.1) is 12.7 Å². The van der Waals surface area contributed by atoms with E-state index >= 15 is 0 Å². The minimum Gasteiger partial charge on any atom is -0.318 e. The Bertz CT molecular complexity index is 728. The molecule has 6 nitrogen and oxygen atoms in total. The van der Waals surface area contributed by atoms with Crippen LogP contribution in [-0.4, -0.2) is 31.8 Å². The van der Waals surface area contributed by atoms with Gasteiger partial charge in [-0.2, -0.15) is 5.10 Å². The van der Waals surface area contributed by atoms with E-state index in [0.29, 0.717) is 12.2 Å². The maximum absolute atomic E-state index is 12.3. The number of halogens is 1. The van der Waals surface area contributed by atoms with E-state index in [1.54, 1.807) is 16.8 Å². The van der Waals surface area contributed by atoms with Gasteiger partial charge in [0.15, 0.2) is 0 Å². The average Bonchev–Trinajstić information content (AvgIpc) is 2.90. The SMILES string of the molecule is CNCCn1cc(S(=O)(=O)Nc2ccc(Br)c(C)c2)cn1. The molecule has 0 fully saturated rings. The van der Waals surface area contributed by atoms with Gasteiger partial charge in [-0.05, 0) is 37.7 Å². The van der Waals surface area contributed by atoms with Gasteiger partial charge < -0.3 is 5.32 Å². The summed E-state index contributed by atoms with van der Waals surface area (Å²) < 4.78 is 29.7. The van der Waals surface area contributed by atoms with Crippen LogP contribution in [0.5, 0.6) is 0 Å². The van der Waals surface area contributed by atoms with Crippen LogP contribution in [0.2, 0.25) is 0 Å². The summed E-state index contributed by atoms with van der Waals surface area (Å²) in [6.07, 6.45) is 2.87. The second-order valence-corrected chi connectivity index (χ2v) is 7.15. The van der Waals surface area contributed by atoms with Crippen LogP contribution >= 0.6 is 15.9 Å². The van der Waals surface area contributed by atoms with Crippen LogP contribution in [0.3, 0.4) is 0 Å². The molecule has 1 aromatic carbocycles. The Morgan fingerprint density at radius 1 is 1.38 bits per heavy atom. The van der Waals surface area contributed by atoms with Gasteiger partial charge in [0, 0.05) is 22.9 Å². The third-order valence-corrected chi connectivity index (χ3v) is 5.15. The van der Waals surface area contributed by atoms with Crippen molar-refractivity contribution >= 4 is 31.6 Å². The first-order valence-electron chi connectivity index (χ1n) is 6.38. The summed E-state index contributed by atoms with van der Waals surface area (Å²) >= 11 is 3.38. The van der Waals surface area contributed by atoms with Crippen molar-refractivity contribution in [3.8, 4) is 0 Å². The minimum atomic E-state index is -3.62. The van der Waals surface area contributed by atoms with Crippen LogP contribution in [0.4, 0.5) is 5.69 Å². The topological polar surface area (TPSA) is 76.0 Å². The zero-order valence-corrected chi connectivity index (χ0v) is 14.2. The lowest BCUT2D eigenvalue weighted by Crippen LogP contribution is -2.15. The predicted molar refractivity (Wildman–Crippen MR) is 85.8 cm³/mol. The Morgan fingerprint density at radius 3 is 2.81 bits per heavy atom. The molecule has 2 rings (SSSR count). The number of nitrogens with zero attached hydrogens (tertiary/aromatic N) is 2. The van der Waals surface area contributed by atoms with E-state index in [-0.39, 0.29) is 4.90 Å². The summed E-state index contributed by atoms with van der Waals surface area (Å²) in [5.41, 5.74) is 1.48. The van der Waals surface area contributed by atoms with Crippen molar-refractivity contribution in [2.24, 2.45) is 0 Å². The summed E-state index contributed by atoms with van der Waals surface area (Å²) in [7, 11) is -1.78. The first-order chi connectivity index (χ1) is 9.92. The number of benzene rings is 1. The van der Waals surface area contributed by atoms with Crippen molar-refractivity contribution in [2.45, 2.75) is 18.4 Å². The lowest BCUT2D eigenvalue weighted by molar-refractivity contribution is 0.582. The van der Waals surface area contributed by atoms with Gasteiger partial charge in [-0.25, -0.2) is 8.42 Å². The number of aromatic nitrogens is 2. The molecule has 0 unspecified atom stereocenters. The highest BCUT2D eigenvalue weighted by molar-refractivity contribution is 9.10. The van der Waals surface area contributed by atoms with E-state index in [1.165, 1.54) is 12.4 Å². The standard InChI is InChI=1S/C13H17BrN4O2S/c1-10-7-11(3-4-13(10)14)17-21(19,20)12-8-16-18(9-12)6-5-15-2/h3-4,7-9,15,17H,5-6H2,1-2H3. The lowest BCUT2D eigenvalue weighted by atomic mass is 10.2. The quantitative estimate of drug-likeness (QED) is 0.812. The van der Waals surface area contributed by atoms with Gasteiger partial charge in [-0.15, -0.1) is 0 Å². The van der Waals surface area contributed by atoms with Gasteiger partial charge in [0.25, 0.3) is 10.0 Å². The van der Waals surface area contributed by atoms with Crippen molar-refractivity contribution in [3.05, 3.63) is 40.6 Å². The Kier molecular flexibility index (Phi) is 5.02. The summed E-state index contributed by atoms with van der Waals surface area (Å²) in [6.45, 7) is 3.24. The van der Waals surface area contributed by atoms with Crippen molar-refractivity contribution < 1.29 is 8.42 Å². The van der Waals surface area contributed by atoms with Crippen LogP contribution in [0.1, 0.15) is 5.56 Å². The molecular formula is C13H17BrN4O2S. The molecule has 2 aromatic rings. The number of nitrogens with one attached hydrogen (secondary N) is 2. The molecule has 0 spiro atoms. The molecule has 0 aliphatic rings. The molecule has 21 heavy (non-hydrogen) atoms. The fourth-order valence-corrected chi connectivity index (χ4v) is 3.00. The van der Waals surface area contributed by atoms with E-state index in [1.807, 2.05) is 20.0 Å². The molecule has 0 atom stereocenters. The summed E-state index contributed by atoms with van der Waals surface area (Å²) in [5.74, 6) is 0. The molecule has 114 valence electrons. The zero-order chi connectivity index (χ0) is 15.5. The van der Waals surface area contributed by atoms with Gasteiger partial charge in [-0.3, -0.25) is 9.40 Å². The van der Waals surface area contributed by atoms with Gasteiger partial charge >= 0.3 is 0 Å². The fraction of sp³-hybridized carbons (Fsp3) is 0.308. The molecule has 2 N–H and O–H groups in total. The number of anilines is 1. The Hall–Kier alpha value is -1.38. The summed E-state index contributed by atoms with van der Waals surface area (Å²) in [6, 6.07) is 5.29. The summed E-state index contributed by atoms with van der Waals surface area (Å²) in [4.78, 5) is 0.152. The monoisotopic (exact) mass is 372 g/mol. The molecule has 0 amide bonds. The Balaban J connectivity index is 2.17. The van der Waals surface area contributed by atoms with Gasteiger partial charge in [0.2, 0.25) is 0 Å². The third-order valence-electron chi connectivity index (χ3n) is 2.92. The van der Waals surface area contributed by atoms with Crippen LogP contribution in [0.25, 0.3) is 0 Å². The zero-order valence-electron chi connectivity index (χ0n) is 11.8. The van der Waals surface area contributed by atoms with Crippen LogP contribution in [-0.2, 0) is 16.6 Å². The van der Waals surface area contributed by atoms with E-state index in [0.717, 1.165) is 16.6 Å². The molecule has 0 saturated heterocycles. The molecule has 0 aliphatic carbocycles. The third kappa shape index (κ3) is 4.05. The molecule has 1 aromatic heterocycles. The summed E-state index contributed by atoms with van der Waals surface area (Å²) in [5, 5.41) is 7.03. The Morgan fingerprint density at radius 2 is 2.14 bits per heavy atom. The van der Waals surface area contributed by atoms with Gasteiger partial charge in [0.1, 0.15) is 4.90 Å². The average molecular weight is 373 g/mol. The normalized spacial score (nSPS) is 11.6. The number of sulfonamides is 1. The maximum atomic E-state index is 12.3. The first-order valence-corrected chi connectivity index (χ1v) is 8.66. The number of likely N-dealkylation sites (N-methyl/N-ethyl adjacent to an activating group) is 1. The van der Waals surface area contributed by atoms with Crippen molar-refractivity contribution in [2.75, 3.05) is 18.3 Å². The predicted octanol–water partition coefficient (Wildman–Crippen LogP) is 1.97. The van der Waals surface area contributed by atoms with Crippen molar-refractivity contribution in [1.82, 2.24) is 15.1 Å². The maximum Gasteiger partial charge on any atom is 0.265 e.